The second kappa shape index (κ2) is 5.84. The van der Waals surface area contributed by atoms with Gasteiger partial charge in [0.2, 0.25) is 0 Å². The largest absolute Gasteiger partial charge is 0.496 e. The van der Waals surface area contributed by atoms with E-state index in [0.717, 1.165) is 33.8 Å². The molecular formula is C18H24O3. The molecule has 2 rings (SSSR count). The first kappa shape index (κ1) is 15.5. The molecule has 0 aliphatic heterocycles. The minimum atomic E-state index is 0.323. The number of hydrogen-bond donors (Lipinski definition) is 0. The fraction of sp³-hybridized carbons (Fsp3) is 0.444. The van der Waals surface area contributed by atoms with Crippen LogP contribution in [0.25, 0.3) is 10.8 Å². The zero-order valence-corrected chi connectivity index (χ0v) is 14.0. The number of hydrogen-bond acceptors (Lipinski definition) is 3. The molecule has 3 heteroatoms. The highest BCUT2D eigenvalue weighted by Crippen LogP contribution is 2.45. The molecule has 0 aliphatic rings. The van der Waals surface area contributed by atoms with Gasteiger partial charge in [0.05, 0.1) is 21.3 Å². The number of aryl methyl sites for hydroxylation is 1. The summed E-state index contributed by atoms with van der Waals surface area (Å²) in [7, 11) is 5.07. The summed E-state index contributed by atoms with van der Waals surface area (Å²) in [6, 6.07) is 4.22. The molecule has 0 aromatic heterocycles. The lowest BCUT2D eigenvalue weighted by atomic mass is 9.91. The van der Waals surface area contributed by atoms with Crippen molar-refractivity contribution in [3.8, 4) is 17.2 Å². The summed E-state index contributed by atoms with van der Waals surface area (Å²) in [5.74, 6) is 2.79. The Labute approximate surface area is 126 Å². The van der Waals surface area contributed by atoms with E-state index in [-0.39, 0.29) is 0 Å². The molecule has 0 amide bonds. The molecule has 0 heterocycles. The van der Waals surface area contributed by atoms with E-state index in [1.807, 2.05) is 6.07 Å². The van der Waals surface area contributed by atoms with Gasteiger partial charge in [-0.05, 0) is 42.3 Å². The molecule has 0 saturated carbocycles. The standard InChI is InChI=1S/C18H24O3/c1-10(2)16-13-8-11(3)12(4)17(20-6)14(13)9-15(19-5)18(16)21-7/h8-10H,1-7H3. The van der Waals surface area contributed by atoms with E-state index >= 15 is 0 Å². The van der Waals surface area contributed by atoms with E-state index in [1.54, 1.807) is 21.3 Å². The number of rotatable bonds is 4. The molecule has 0 saturated heterocycles. The molecule has 0 aliphatic carbocycles. The van der Waals surface area contributed by atoms with Crippen molar-refractivity contribution < 1.29 is 14.2 Å². The average Bonchev–Trinajstić information content (AvgIpc) is 2.46. The van der Waals surface area contributed by atoms with Gasteiger partial charge in [0.15, 0.2) is 11.5 Å². The predicted molar refractivity (Wildman–Crippen MR) is 87.2 cm³/mol. The minimum absolute atomic E-state index is 0.323. The molecule has 0 radical (unpaired) electrons. The van der Waals surface area contributed by atoms with E-state index in [2.05, 4.69) is 33.8 Å². The van der Waals surface area contributed by atoms with Gasteiger partial charge in [-0.2, -0.15) is 0 Å². The van der Waals surface area contributed by atoms with Gasteiger partial charge < -0.3 is 14.2 Å². The molecule has 2 aromatic rings. The van der Waals surface area contributed by atoms with Gasteiger partial charge in [-0.15, -0.1) is 0 Å². The van der Waals surface area contributed by atoms with Crippen LogP contribution < -0.4 is 14.2 Å². The van der Waals surface area contributed by atoms with E-state index < -0.39 is 0 Å². The van der Waals surface area contributed by atoms with Crippen molar-refractivity contribution in [2.75, 3.05) is 21.3 Å². The lowest BCUT2D eigenvalue weighted by Crippen LogP contribution is -2.01. The lowest BCUT2D eigenvalue weighted by molar-refractivity contribution is 0.351. The quantitative estimate of drug-likeness (QED) is 0.822. The normalized spacial score (nSPS) is 11.0. The molecule has 21 heavy (non-hydrogen) atoms. The summed E-state index contributed by atoms with van der Waals surface area (Å²) in [5.41, 5.74) is 3.54. The fourth-order valence-electron chi connectivity index (χ4n) is 2.92. The van der Waals surface area contributed by atoms with E-state index in [0.29, 0.717) is 5.92 Å². The zero-order chi connectivity index (χ0) is 15.7. The molecular weight excluding hydrogens is 264 g/mol. The summed E-state index contributed by atoms with van der Waals surface area (Å²) in [4.78, 5) is 0. The Morgan fingerprint density at radius 3 is 1.90 bits per heavy atom. The molecule has 3 nitrogen and oxygen atoms in total. The second-order valence-corrected chi connectivity index (χ2v) is 5.63. The van der Waals surface area contributed by atoms with Gasteiger partial charge in [-0.3, -0.25) is 0 Å². The Balaban J connectivity index is 3.02. The summed E-state index contributed by atoms with van der Waals surface area (Å²) in [5, 5.41) is 2.24. The van der Waals surface area contributed by atoms with E-state index in [9.17, 15) is 0 Å². The van der Waals surface area contributed by atoms with Crippen LogP contribution in [-0.4, -0.2) is 21.3 Å². The Kier molecular flexibility index (Phi) is 4.31. The number of benzene rings is 2. The summed E-state index contributed by atoms with van der Waals surface area (Å²) in [6.07, 6.45) is 0. The smallest absolute Gasteiger partial charge is 0.164 e. The van der Waals surface area contributed by atoms with Gasteiger partial charge in [0, 0.05) is 10.9 Å². The molecule has 0 bridgehead atoms. The number of ether oxygens (including phenoxy) is 3. The van der Waals surface area contributed by atoms with Crippen molar-refractivity contribution in [2.24, 2.45) is 0 Å². The summed E-state index contributed by atoms with van der Waals surface area (Å²) >= 11 is 0. The Morgan fingerprint density at radius 2 is 1.43 bits per heavy atom. The molecule has 0 spiro atoms. The van der Waals surface area contributed by atoms with Gasteiger partial charge in [-0.25, -0.2) is 0 Å². The van der Waals surface area contributed by atoms with Crippen molar-refractivity contribution in [1.29, 1.82) is 0 Å². The maximum Gasteiger partial charge on any atom is 0.164 e. The third kappa shape index (κ3) is 2.41. The molecule has 0 atom stereocenters. The predicted octanol–water partition coefficient (Wildman–Crippen LogP) is 4.61. The van der Waals surface area contributed by atoms with Gasteiger partial charge >= 0.3 is 0 Å². The molecule has 0 N–H and O–H groups in total. The van der Waals surface area contributed by atoms with Crippen LogP contribution in [-0.2, 0) is 0 Å². The van der Waals surface area contributed by atoms with Crippen LogP contribution >= 0.6 is 0 Å². The maximum absolute atomic E-state index is 5.65. The molecule has 114 valence electrons. The number of methoxy groups -OCH3 is 3. The molecule has 0 fully saturated rings. The van der Waals surface area contributed by atoms with Crippen molar-refractivity contribution in [3.63, 3.8) is 0 Å². The lowest BCUT2D eigenvalue weighted by Gasteiger charge is -2.21. The Morgan fingerprint density at radius 1 is 0.810 bits per heavy atom. The first-order chi connectivity index (χ1) is 9.96. The van der Waals surface area contributed by atoms with E-state index in [1.165, 1.54) is 10.9 Å². The van der Waals surface area contributed by atoms with Gasteiger partial charge in [0.25, 0.3) is 0 Å². The first-order valence-electron chi connectivity index (χ1n) is 7.19. The maximum atomic E-state index is 5.65. The number of fused-ring (bicyclic) bond motifs is 1. The third-order valence-electron chi connectivity index (χ3n) is 4.07. The van der Waals surface area contributed by atoms with Crippen molar-refractivity contribution in [1.82, 2.24) is 0 Å². The van der Waals surface area contributed by atoms with Crippen LogP contribution in [0.1, 0.15) is 36.5 Å². The monoisotopic (exact) mass is 288 g/mol. The van der Waals surface area contributed by atoms with Gasteiger partial charge in [-0.1, -0.05) is 19.9 Å². The van der Waals surface area contributed by atoms with Crippen LogP contribution in [0.5, 0.6) is 17.2 Å². The van der Waals surface area contributed by atoms with E-state index in [4.69, 9.17) is 14.2 Å². The van der Waals surface area contributed by atoms with Crippen molar-refractivity contribution in [3.05, 3.63) is 28.8 Å². The van der Waals surface area contributed by atoms with Crippen LogP contribution in [0.15, 0.2) is 12.1 Å². The van der Waals surface area contributed by atoms with Crippen LogP contribution in [0.2, 0.25) is 0 Å². The summed E-state index contributed by atoms with van der Waals surface area (Å²) in [6.45, 7) is 8.52. The molecule has 0 unspecified atom stereocenters. The zero-order valence-electron chi connectivity index (χ0n) is 14.0. The van der Waals surface area contributed by atoms with Gasteiger partial charge in [0.1, 0.15) is 5.75 Å². The first-order valence-corrected chi connectivity index (χ1v) is 7.19. The Bertz CT molecular complexity index is 672. The second-order valence-electron chi connectivity index (χ2n) is 5.63. The molecule has 2 aromatic carbocycles. The van der Waals surface area contributed by atoms with Crippen LogP contribution in [0.3, 0.4) is 0 Å². The fourth-order valence-corrected chi connectivity index (χ4v) is 2.92. The highest BCUT2D eigenvalue weighted by Gasteiger charge is 2.21. The highest BCUT2D eigenvalue weighted by atomic mass is 16.5. The minimum Gasteiger partial charge on any atom is -0.496 e. The van der Waals surface area contributed by atoms with Crippen LogP contribution in [0.4, 0.5) is 0 Å². The topological polar surface area (TPSA) is 27.7 Å². The Hall–Kier alpha value is -1.90. The third-order valence-corrected chi connectivity index (χ3v) is 4.07. The average molecular weight is 288 g/mol. The summed E-state index contributed by atoms with van der Waals surface area (Å²) < 4.78 is 16.8. The highest BCUT2D eigenvalue weighted by molar-refractivity contribution is 5.96. The van der Waals surface area contributed by atoms with Crippen molar-refractivity contribution >= 4 is 10.8 Å². The van der Waals surface area contributed by atoms with Crippen molar-refractivity contribution in [2.45, 2.75) is 33.6 Å². The SMILES string of the molecule is COc1cc2c(OC)c(C)c(C)cc2c(C(C)C)c1OC. The van der Waals surface area contributed by atoms with Crippen LogP contribution in [0, 0.1) is 13.8 Å².